The zero-order valence-corrected chi connectivity index (χ0v) is 17.8. The molecule has 0 bridgehead atoms. The first kappa shape index (κ1) is 21.8. The van der Waals surface area contributed by atoms with E-state index < -0.39 is 0 Å². The van der Waals surface area contributed by atoms with Gasteiger partial charge < -0.3 is 20.9 Å². The van der Waals surface area contributed by atoms with Gasteiger partial charge in [0.2, 0.25) is 5.91 Å². The summed E-state index contributed by atoms with van der Waals surface area (Å²) >= 11 is 0. The number of amides is 4. The van der Waals surface area contributed by atoms with Crippen molar-refractivity contribution in [2.24, 2.45) is 5.92 Å². The number of hydrogen-bond acceptors (Lipinski definition) is 3. The molecule has 4 amide bonds. The third kappa shape index (κ3) is 5.84. The van der Waals surface area contributed by atoms with Crippen molar-refractivity contribution in [2.45, 2.75) is 38.3 Å². The molecule has 2 fully saturated rings. The van der Waals surface area contributed by atoms with E-state index in [1.807, 2.05) is 0 Å². The number of urea groups is 1. The molecule has 8 heteroatoms. The molecule has 0 unspecified atom stereocenters. The highest BCUT2D eigenvalue weighted by molar-refractivity contribution is 5.97. The van der Waals surface area contributed by atoms with Crippen molar-refractivity contribution in [2.75, 3.05) is 18.4 Å². The minimum atomic E-state index is -0.307. The number of hydrogen-bond donors (Lipinski definition) is 3. The van der Waals surface area contributed by atoms with Crippen molar-refractivity contribution in [3.8, 4) is 0 Å². The van der Waals surface area contributed by atoms with E-state index in [4.69, 9.17) is 0 Å². The Morgan fingerprint density at radius 1 is 0.969 bits per heavy atom. The van der Waals surface area contributed by atoms with Gasteiger partial charge in [0, 0.05) is 42.8 Å². The fourth-order valence-corrected chi connectivity index (χ4v) is 3.72. The lowest BCUT2D eigenvalue weighted by atomic mass is 9.96. The first-order valence-electron chi connectivity index (χ1n) is 11.0. The molecule has 3 N–H and O–H groups in total. The normalized spacial score (nSPS) is 16.3. The molecule has 168 valence electrons. The van der Waals surface area contributed by atoms with E-state index >= 15 is 0 Å². The topological polar surface area (TPSA) is 90.5 Å². The number of carbonyl (C=O) groups is 3. The summed E-state index contributed by atoms with van der Waals surface area (Å²) in [4.78, 5) is 39.0. The molecule has 1 saturated heterocycles. The molecule has 1 aliphatic heterocycles. The molecule has 7 nitrogen and oxygen atoms in total. The Balaban J connectivity index is 1.23. The predicted molar refractivity (Wildman–Crippen MR) is 118 cm³/mol. The fraction of sp³-hybridized carbons (Fsp3) is 0.375. The summed E-state index contributed by atoms with van der Waals surface area (Å²) in [6, 6.07) is 13.0. The number of benzene rings is 2. The van der Waals surface area contributed by atoms with Crippen LogP contribution in [0.15, 0.2) is 48.5 Å². The third-order valence-electron chi connectivity index (χ3n) is 5.82. The molecular weight excluding hydrogens is 411 g/mol. The van der Waals surface area contributed by atoms with Crippen LogP contribution in [0.4, 0.5) is 14.9 Å². The first-order chi connectivity index (χ1) is 15.5. The standard InChI is InChI=1S/C24H27FN4O3/c25-19-6-4-16(5-7-19)15-26-22(30)17-10-12-29(13-11-17)24(32)28-21-3-1-2-18(14-21)23(31)27-20-8-9-20/h1-7,14,17,20H,8-13,15H2,(H,26,30)(H,27,31)(H,28,32). The molecule has 1 saturated carbocycles. The molecule has 2 aliphatic rings. The Hall–Kier alpha value is -3.42. The summed E-state index contributed by atoms with van der Waals surface area (Å²) in [5, 5.41) is 8.67. The van der Waals surface area contributed by atoms with Crippen LogP contribution >= 0.6 is 0 Å². The van der Waals surface area contributed by atoms with Gasteiger partial charge in [0.25, 0.3) is 5.91 Å². The minimum absolute atomic E-state index is 0.0521. The third-order valence-corrected chi connectivity index (χ3v) is 5.82. The summed E-state index contributed by atoms with van der Waals surface area (Å²) in [6.45, 7) is 1.30. The van der Waals surface area contributed by atoms with Crippen molar-refractivity contribution >= 4 is 23.5 Å². The van der Waals surface area contributed by atoms with Gasteiger partial charge in [-0.2, -0.15) is 0 Å². The number of piperidine rings is 1. The smallest absolute Gasteiger partial charge is 0.321 e. The van der Waals surface area contributed by atoms with E-state index in [9.17, 15) is 18.8 Å². The van der Waals surface area contributed by atoms with Gasteiger partial charge >= 0.3 is 6.03 Å². The van der Waals surface area contributed by atoms with E-state index in [0.29, 0.717) is 43.7 Å². The van der Waals surface area contributed by atoms with Gasteiger partial charge in [0.15, 0.2) is 0 Å². The van der Waals surface area contributed by atoms with Crippen molar-refractivity contribution in [3.05, 3.63) is 65.5 Å². The summed E-state index contributed by atoms with van der Waals surface area (Å²) in [5.74, 6) is -0.646. The Bertz CT molecular complexity index is 983. The van der Waals surface area contributed by atoms with Crippen molar-refractivity contribution in [1.29, 1.82) is 0 Å². The summed E-state index contributed by atoms with van der Waals surface area (Å²) in [6.07, 6.45) is 3.18. The van der Waals surface area contributed by atoms with E-state index in [1.54, 1.807) is 41.3 Å². The zero-order chi connectivity index (χ0) is 22.5. The molecular formula is C24H27FN4O3. The van der Waals surface area contributed by atoms with E-state index in [1.165, 1.54) is 12.1 Å². The molecule has 0 radical (unpaired) electrons. The highest BCUT2D eigenvalue weighted by Crippen LogP contribution is 2.21. The Labute approximate surface area is 186 Å². The minimum Gasteiger partial charge on any atom is -0.352 e. The van der Waals surface area contributed by atoms with Crippen LogP contribution in [-0.4, -0.2) is 41.9 Å². The van der Waals surface area contributed by atoms with Crippen LogP contribution in [0.2, 0.25) is 0 Å². The Morgan fingerprint density at radius 3 is 2.38 bits per heavy atom. The van der Waals surface area contributed by atoms with E-state index in [-0.39, 0.29) is 35.6 Å². The highest BCUT2D eigenvalue weighted by Gasteiger charge is 2.27. The number of nitrogens with one attached hydrogen (secondary N) is 3. The van der Waals surface area contributed by atoms with Crippen LogP contribution in [0.1, 0.15) is 41.6 Å². The Kier molecular flexibility index (Phi) is 6.68. The fourth-order valence-electron chi connectivity index (χ4n) is 3.72. The second-order valence-corrected chi connectivity index (χ2v) is 8.36. The van der Waals surface area contributed by atoms with Gasteiger partial charge in [0.1, 0.15) is 5.82 Å². The monoisotopic (exact) mass is 438 g/mol. The number of rotatable bonds is 6. The number of likely N-dealkylation sites (tertiary alicyclic amines) is 1. The van der Waals surface area contributed by atoms with Crippen LogP contribution in [0.25, 0.3) is 0 Å². The van der Waals surface area contributed by atoms with Crippen LogP contribution in [-0.2, 0) is 11.3 Å². The molecule has 32 heavy (non-hydrogen) atoms. The van der Waals surface area contributed by atoms with Gasteiger partial charge in [-0.3, -0.25) is 9.59 Å². The summed E-state index contributed by atoms with van der Waals surface area (Å²) < 4.78 is 13.0. The molecule has 0 aromatic heterocycles. The molecule has 1 aliphatic carbocycles. The maximum atomic E-state index is 13.0. The van der Waals surface area contributed by atoms with Crippen LogP contribution in [0.5, 0.6) is 0 Å². The lowest BCUT2D eigenvalue weighted by molar-refractivity contribution is -0.126. The van der Waals surface area contributed by atoms with Crippen LogP contribution < -0.4 is 16.0 Å². The number of nitrogens with zero attached hydrogens (tertiary/aromatic N) is 1. The molecule has 1 heterocycles. The van der Waals surface area contributed by atoms with Gasteiger partial charge in [-0.05, 0) is 61.6 Å². The average Bonchev–Trinajstić information content (AvgIpc) is 3.63. The molecule has 0 spiro atoms. The van der Waals surface area contributed by atoms with Crippen LogP contribution in [0.3, 0.4) is 0 Å². The van der Waals surface area contributed by atoms with Gasteiger partial charge in [0.05, 0.1) is 0 Å². The van der Waals surface area contributed by atoms with Crippen molar-refractivity contribution in [3.63, 3.8) is 0 Å². The summed E-state index contributed by atoms with van der Waals surface area (Å²) in [5.41, 5.74) is 1.92. The lowest BCUT2D eigenvalue weighted by Crippen LogP contribution is -2.44. The van der Waals surface area contributed by atoms with Crippen LogP contribution in [0, 0.1) is 11.7 Å². The zero-order valence-electron chi connectivity index (χ0n) is 17.8. The van der Waals surface area contributed by atoms with Gasteiger partial charge in [-0.15, -0.1) is 0 Å². The maximum Gasteiger partial charge on any atom is 0.321 e. The largest absolute Gasteiger partial charge is 0.352 e. The van der Waals surface area contributed by atoms with Gasteiger partial charge in [-0.25, -0.2) is 9.18 Å². The highest BCUT2D eigenvalue weighted by atomic mass is 19.1. The first-order valence-corrected chi connectivity index (χ1v) is 11.0. The quantitative estimate of drug-likeness (QED) is 0.647. The molecule has 2 aromatic rings. The SMILES string of the molecule is O=C(NC1CC1)c1cccc(NC(=O)N2CCC(C(=O)NCc3ccc(F)cc3)CC2)c1. The van der Waals surface area contributed by atoms with E-state index in [2.05, 4.69) is 16.0 Å². The molecule has 0 atom stereocenters. The number of halogens is 1. The average molecular weight is 439 g/mol. The van der Waals surface area contributed by atoms with Crippen molar-refractivity contribution in [1.82, 2.24) is 15.5 Å². The second kappa shape index (κ2) is 9.80. The predicted octanol–water partition coefficient (Wildman–Crippen LogP) is 3.28. The lowest BCUT2D eigenvalue weighted by Gasteiger charge is -2.31. The molecule has 4 rings (SSSR count). The number of anilines is 1. The van der Waals surface area contributed by atoms with Crippen molar-refractivity contribution < 1.29 is 18.8 Å². The van der Waals surface area contributed by atoms with Gasteiger partial charge in [-0.1, -0.05) is 18.2 Å². The summed E-state index contributed by atoms with van der Waals surface area (Å²) in [7, 11) is 0. The molecule has 2 aromatic carbocycles. The van der Waals surface area contributed by atoms with E-state index in [0.717, 1.165) is 18.4 Å². The Morgan fingerprint density at radius 2 is 1.69 bits per heavy atom. The number of carbonyl (C=O) groups excluding carboxylic acids is 3. The maximum absolute atomic E-state index is 13.0. The second-order valence-electron chi connectivity index (χ2n) is 8.36.